The Labute approximate surface area is 123 Å². The molecule has 0 aliphatic rings. The zero-order valence-electron chi connectivity index (χ0n) is 11.7. The Bertz CT molecular complexity index is 639. The van der Waals surface area contributed by atoms with Crippen LogP contribution in [0.2, 0.25) is 0 Å². The molecule has 1 amide bonds. The second-order valence-corrected chi connectivity index (χ2v) is 4.46. The highest BCUT2D eigenvalue weighted by Gasteiger charge is 2.03. The number of rotatable bonds is 5. The maximum atomic E-state index is 11.7. The number of carbonyl (C=O) groups excluding carboxylic acids is 1. The fourth-order valence-electron chi connectivity index (χ4n) is 1.67. The zero-order chi connectivity index (χ0) is 15.1. The van der Waals surface area contributed by atoms with Gasteiger partial charge < -0.3 is 10.5 Å². The lowest BCUT2D eigenvalue weighted by Crippen LogP contribution is -2.25. The van der Waals surface area contributed by atoms with Crippen molar-refractivity contribution in [1.82, 2.24) is 5.43 Å². The lowest BCUT2D eigenvalue weighted by Gasteiger charge is -2.06. The van der Waals surface area contributed by atoms with E-state index in [1.165, 1.54) is 0 Å². The third-order valence-corrected chi connectivity index (χ3v) is 2.77. The average molecular weight is 283 g/mol. The number of nitrogens with two attached hydrogens (primary N) is 1. The van der Waals surface area contributed by atoms with Crippen LogP contribution in [0.5, 0.6) is 5.75 Å². The molecule has 0 bridgehead atoms. The molecule has 0 unspecified atom stereocenters. The number of hydrogen-bond acceptors (Lipinski definition) is 4. The predicted molar refractivity (Wildman–Crippen MR) is 83.1 cm³/mol. The Morgan fingerprint density at radius 1 is 1.19 bits per heavy atom. The van der Waals surface area contributed by atoms with Crippen LogP contribution in [0.25, 0.3) is 0 Å². The van der Waals surface area contributed by atoms with E-state index >= 15 is 0 Å². The van der Waals surface area contributed by atoms with Crippen LogP contribution in [0, 0.1) is 0 Å². The standard InChI is InChI=1S/C16H17N3O2/c1-12(13-6-5-7-14(17)10-13)18-19-16(20)11-21-15-8-3-2-4-9-15/h2-10H,11,17H2,1H3,(H,19,20)/b18-12+. The van der Waals surface area contributed by atoms with Gasteiger partial charge in [-0.25, -0.2) is 5.43 Å². The van der Waals surface area contributed by atoms with Gasteiger partial charge >= 0.3 is 0 Å². The Morgan fingerprint density at radius 2 is 1.95 bits per heavy atom. The highest BCUT2D eigenvalue weighted by atomic mass is 16.5. The third kappa shape index (κ3) is 4.65. The van der Waals surface area contributed by atoms with Crippen molar-refractivity contribution in [1.29, 1.82) is 0 Å². The summed E-state index contributed by atoms with van der Waals surface area (Å²) in [6.45, 7) is 1.71. The lowest BCUT2D eigenvalue weighted by molar-refractivity contribution is -0.123. The number of nitrogens with one attached hydrogen (secondary N) is 1. The molecule has 0 saturated carbocycles. The summed E-state index contributed by atoms with van der Waals surface area (Å²) in [4.78, 5) is 11.7. The van der Waals surface area contributed by atoms with Crippen molar-refractivity contribution in [3.8, 4) is 5.75 Å². The van der Waals surface area contributed by atoms with Crippen LogP contribution in [-0.4, -0.2) is 18.2 Å². The number of carbonyl (C=O) groups is 1. The van der Waals surface area contributed by atoms with Crippen LogP contribution in [0.15, 0.2) is 59.7 Å². The lowest BCUT2D eigenvalue weighted by atomic mass is 10.1. The molecule has 2 aromatic carbocycles. The van der Waals surface area contributed by atoms with Crippen LogP contribution in [-0.2, 0) is 4.79 Å². The molecule has 0 atom stereocenters. The summed E-state index contributed by atoms with van der Waals surface area (Å²) in [5, 5.41) is 4.03. The number of nitrogen functional groups attached to an aromatic ring is 1. The number of anilines is 1. The maximum absolute atomic E-state index is 11.7. The molecule has 0 spiro atoms. The normalized spacial score (nSPS) is 11.0. The number of amides is 1. The van der Waals surface area contributed by atoms with Crippen LogP contribution >= 0.6 is 0 Å². The Hall–Kier alpha value is -2.82. The Morgan fingerprint density at radius 3 is 2.67 bits per heavy atom. The first-order valence-electron chi connectivity index (χ1n) is 6.52. The van der Waals surface area contributed by atoms with Gasteiger partial charge in [0.05, 0.1) is 5.71 Å². The number of benzene rings is 2. The number of ether oxygens (including phenoxy) is 1. The van der Waals surface area contributed by atoms with Gasteiger partial charge in [0.1, 0.15) is 5.75 Å². The summed E-state index contributed by atoms with van der Waals surface area (Å²) in [6.07, 6.45) is 0. The molecule has 2 aromatic rings. The molecular weight excluding hydrogens is 266 g/mol. The molecule has 0 heterocycles. The minimum absolute atomic E-state index is 0.0856. The molecule has 0 aliphatic heterocycles. The summed E-state index contributed by atoms with van der Waals surface area (Å²) in [7, 11) is 0. The van der Waals surface area contributed by atoms with Gasteiger partial charge in [-0.3, -0.25) is 4.79 Å². The predicted octanol–water partition coefficient (Wildman–Crippen LogP) is 2.19. The zero-order valence-corrected chi connectivity index (χ0v) is 11.7. The van der Waals surface area contributed by atoms with Crippen LogP contribution in [0.1, 0.15) is 12.5 Å². The molecular formula is C16H17N3O2. The van der Waals surface area contributed by atoms with E-state index in [-0.39, 0.29) is 12.5 Å². The molecule has 5 nitrogen and oxygen atoms in total. The molecule has 108 valence electrons. The van der Waals surface area contributed by atoms with Gasteiger partial charge in [0.15, 0.2) is 6.61 Å². The van der Waals surface area contributed by atoms with Crippen LogP contribution in [0.3, 0.4) is 0 Å². The molecule has 0 aliphatic carbocycles. The summed E-state index contributed by atoms with van der Waals surface area (Å²) in [5.74, 6) is 0.325. The van der Waals surface area contributed by atoms with Crippen molar-refractivity contribution in [2.75, 3.05) is 12.3 Å². The molecule has 5 heteroatoms. The third-order valence-electron chi connectivity index (χ3n) is 2.77. The number of hydrazone groups is 1. The minimum Gasteiger partial charge on any atom is -0.484 e. The van der Waals surface area contributed by atoms with Gasteiger partial charge in [0.2, 0.25) is 0 Å². The van der Waals surface area contributed by atoms with E-state index in [4.69, 9.17) is 10.5 Å². The molecule has 0 radical (unpaired) electrons. The van der Waals surface area contributed by atoms with Crippen molar-refractivity contribution in [3.63, 3.8) is 0 Å². The average Bonchev–Trinajstić information content (AvgIpc) is 2.51. The van der Waals surface area contributed by atoms with Crippen molar-refractivity contribution >= 4 is 17.3 Å². The molecule has 2 rings (SSSR count). The molecule has 3 N–H and O–H groups in total. The molecule has 0 aromatic heterocycles. The van der Waals surface area contributed by atoms with Gasteiger partial charge in [-0.05, 0) is 36.8 Å². The van der Waals surface area contributed by atoms with Gasteiger partial charge in [0, 0.05) is 5.69 Å². The van der Waals surface area contributed by atoms with E-state index in [1.54, 1.807) is 31.2 Å². The molecule has 0 fully saturated rings. The first kappa shape index (κ1) is 14.6. The van der Waals surface area contributed by atoms with Gasteiger partial charge in [0.25, 0.3) is 5.91 Å². The monoisotopic (exact) mass is 283 g/mol. The topological polar surface area (TPSA) is 76.7 Å². The summed E-state index contributed by atoms with van der Waals surface area (Å²) in [6, 6.07) is 16.4. The van der Waals surface area contributed by atoms with E-state index < -0.39 is 0 Å². The quantitative estimate of drug-likeness (QED) is 0.501. The van der Waals surface area contributed by atoms with Crippen molar-refractivity contribution in [2.24, 2.45) is 5.10 Å². The summed E-state index contributed by atoms with van der Waals surface area (Å²) < 4.78 is 5.32. The van der Waals surface area contributed by atoms with Crippen molar-refractivity contribution < 1.29 is 9.53 Å². The highest BCUT2D eigenvalue weighted by Crippen LogP contribution is 2.08. The fraction of sp³-hybridized carbons (Fsp3) is 0.125. The first-order chi connectivity index (χ1) is 10.1. The van der Waals surface area contributed by atoms with E-state index in [2.05, 4.69) is 10.5 Å². The van der Waals surface area contributed by atoms with Crippen LogP contribution < -0.4 is 15.9 Å². The summed E-state index contributed by atoms with van der Waals surface area (Å²) >= 11 is 0. The minimum atomic E-state index is -0.317. The highest BCUT2D eigenvalue weighted by molar-refractivity contribution is 5.99. The Balaban J connectivity index is 1.87. The SMILES string of the molecule is C/C(=N\NC(=O)COc1ccccc1)c1cccc(N)c1. The van der Waals surface area contributed by atoms with Crippen molar-refractivity contribution in [3.05, 3.63) is 60.2 Å². The first-order valence-corrected chi connectivity index (χ1v) is 6.52. The maximum Gasteiger partial charge on any atom is 0.277 e. The number of para-hydroxylation sites is 1. The molecule has 21 heavy (non-hydrogen) atoms. The van der Waals surface area contributed by atoms with E-state index in [9.17, 15) is 4.79 Å². The van der Waals surface area contributed by atoms with E-state index in [0.717, 1.165) is 5.56 Å². The number of hydrogen-bond donors (Lipinski definition) is 2. The van der Waals surface area contributed by atoms with Gasteiger partial charge in [-0.1, -0.05) is 30.3 Å². The summed E-state index contributed by atoms with van der Waals surface area (Å²) in [5.41, 5.74) is 10.3. The smallest absolute Gasteiger partial charge is 0.277 e. The van der Waals surface area contributed by atoms with Crippen molar-refractivity contribution in [2.45, 2.75) is 6.92 Å². The van der Waals surface area contributed by atoms with E-state index in [1.807, 2.05) is 30.3 Å². The van der Waals surface area contributed by atoms with Gasteiger partial charge in [-0.2, -0.15) is 5.10 Å². The fourth-order valence-corrected chi connectivity index (χ4v) is 1.67. The molecule has 0 saturated heterocycles. The largest absolute Gasteiger partial charge is 0.484 e. The van der Waals surface area contributed by atoms with Crippen LogP contribution in [0.4, 0.5) is 5.69 Å². The Kier molecular flexibility index (Phi) is 4.93. The van der Waals surface area contributed by atoms with Gasteiger partial charge in [-0.15, -0.1) is 0 Å². The second kappa shape index (κ2) is 7.09. The second-order valence-electron chi connectivity index (χ2n) is 4.46. The van der Waals surface area contributed by atoms with E-state index in [0.29, 0.717) is 17.1 Å². The number of nitrogens with zero attached hydrogens (tertiary/aromatic N) is 1.